The Kier molecular flexibility index (Phi) is 5.43. The standard InChI is InChI=1S/C20H21NO2/c1-14-13-20(23-4)12-11-18(14)8-5-17-6-9-19(10-7-17)15(2)21-16(3)22/h6-7,9-13,15H,1-4H3,(H,21,22). The number of rotatable bonds is 3. The van der Waals surface area contributed by atoms with Gasteiger partial charge in [-0.15, -0.1) is 0 Å². The summed E-state index contributed by atoms with van der Waals surface area (Å²) in [5.41, 5.74) is 4.08. The van der Waals surface area contributed by atoms with Gasteiger partial charge < -0.3 is 10.1 Å². The Morgan fingerprint density at radius 3 is 2.39 bits per heavy atom. The molecule has 1 unspecified atom stereocenters. The van der Waals surface area contributed by atoms with Gasteiger partial charge in [-0.05, 0) is 55.3 Å². The first-order valence-electron chi connectivity index (χ1n) is 7.53. The molecule has 0 aromatic heterocycles. The summed E-state index contributed by atoms with van der Waals surface area (Å²) in [7, 11) is 1.66. The van der Waals surface area contributed by atoms with Crippen LogP contribution in [0.25, 0.3) is 0 Å². The normalized spacial score (nSPS) is 11.1. The predicted octanol–water partition coefficient (Wildman–Crippen LogP) is 3.60. The van der Waals surface area contributed by atoms with Crippen LogP contribution in [0, 0.1) is 18.8 Å². The van der Waals surface area contributed by atoms with E-state index >= 15 is 0 Å². The maximum Gasteiger partial charge on any atom is 0.217 e. The van der Waals surface area contributed by atoms with Crippen LogP contribution in [0.3, 0.4) is 0 Å². The maximum atomic E-state index is 11.1. The van der Waals surface area contributed by atoms with E-state index in [-0.39, 0.29) is 11.9 Å². The molecule has 0 aliphatic rings. The second kappa shape index (κ2) is 7.51. The van der Waals surface area contributed by atoms with Crippen molar-refractivity contribution in [1.82, 2.24) is 5.32 Å². The van der Waals surface area contributed by atoms with Crippen molar-refractivity contribution < 1.29 is 9.53 Å². The number of carbonyl (C=O) groups excluding carboxylic acids is 1. The molecule has 0 saturated heterocycles. The average molecular weight is 307 g/mol. The zero-order valence-corrected chi connectivity index (χ0v) is 13.9. The molecule has 0 saturated carbocycles. The molecule has 0 aliphatic carbocycles. The van der Waals surface area contributed by atoms with E-state index in [9.17, 15) is 4.79 Å². The van der Waals surface area contributed by atoms with Crippen molar-refractivity contribution in [3.63, 3.8) is 0 Å². The van der Waals surface area contributed by atoms with E-state index in [4.69, 9.17) is 4.74 Å². The van der Waals surface area contributed by atoms with E-state index in [2.05, 4.69) is 17.2 Å². The van der Waals surface area contributed by atoms with E-state index in [0.717, 1.165) is 28.0 Å². The van der Waals surface area contributed by atoms with Gasteiger partial charge >= 0.3 is 0 Å². The Morgan fingerprint density at radius 2 is 1.83 bits per heavy atom. The van der Waals surface area contributed by atoms with Crippen LogP contribution in [0.15, 0.2) is 42.5 Å². The van der Waals surface area contributed by atoms with Gasteiger partial charge in [0.2, 0.25) is 5.91 Å². The molecule has 118 valence electrons. The summed E-state index contributed by atoms with van der Waals surface area (Å²) in [6.45, 7) is 5.50. The number of nitrogens with one attached hydrogen (secondary N) is 1. The zero-order valence-electron chi connectivity index (χ0n) is 13.9. The number of benzene rings is 2. The molecule has 1 atom stereocenters. The lowest BCUT2D eigenvalue weighted by Gasteiger charge is -2.12. The van der Waals surface area contributed by atoms with Crippen molar-refractivity contribution in [3.8, 4) is 17.6 Å². The molecule has 2 rings (SSSR count). The van der Waals surface area contributed by atoms with Crippen LogP contribution in [-0.4, -0.2) is 13.0 Å². The van der Waals surface area contributed by atoms with E-state index in [1.165, 1.54) is 6.92 Å². The van der Waals surface area contributed by atoms with Gasteiger partial charge in [0.25, 0.3) is 0 Å². The van der Waals surface area contributed by atoms with E-state index in [1.807, 2.05) is 56.3 Å². The van der Waals surface area contributed by atoms with Gasteiger partial charge in [0.15, 0.2) is 0 Å². The van der Waals surface area contributed by atoms with Gasteiger partial charge in [0.05, 0.1) is 13.2 Å². The molecular formula is C20H21NO2. The highest BCUT2D eigenvalue weighted by molar-refractivity contribution is 5.73. The van der Waals surface area contributed by atoms with Gasteiger partial charge in [-0.25, -0.2) is 0 Å². The first kappa shape index (κ1) is 16.6. The second-order valence-corrected chi connectivity index (χ2v) is 5.48. The van der Waals surface area contributed by atoms with Crippen LogP contribution >= 0.6 is 0 Å². The van der Waals surface area contributed by atoms with E-state index in [1.54, 1.807) is 7.11 Å². The lowest BCUT2D eigenvalue weighted by atomic mass is 10.1. The van der Waals surface area contributed by atoms with Crippen LogP contribution in [0.2, 0.25) is 0 Å². The Bertz CT molecular complexity index is 751. The van der Waals surface area contributed by atoms with Crippen molar-refractivity contribution in [2.45, 2.75) is 26.8 Å². The number of amides is 1. The van der Waals surface area contributed by atoms with Gasteiger partial charge in [-0.3, -0.25) is 4.79 Å². The Labute approximate surface area is 137 Å². The molecule has 0 radical (unpaired) electrons. The van der Waals surface area contributed by atoms with E-state index < -0.39 is 0 Å². The summed E-state index contributed by atoms with van der Waals surface area (Å²) < 4.78 is 5.20. The first-order valence-corrected chi connectivity index (χ1v) is 7.53. The minimum absolute atomic E-state index is 0.00154. The Balaban J connectivity index is 2.14. The highest BCUT2D eigenvalue weighted by Gasteiger charge is 2.05. The van der Waals surface area contributed by atoms with Crippen LogP contribution in [0.4, 0.5) is 0 Å². The smallest absolute Gasteiger partial charge is 0.217 e. The molecule has 1 amide bonds. The fourth-order valence-corrected chi connectivity index (χ4v) is 2.29. The quantitative estimate of drug-likeness (QED) is 0.880. The molecule has 23 heavy (non-hydrogen) atoms. The molecule has 3 heteroatoms. The SMILES string of the molecule is COc1ccc(C#Cc2ccc(C(C)NC(C)=O)cc2)c(C)c1. The molecule has 0 spiro atoms. The molecule has 0 bridgehead atoms. The fraction of sp³-hybridized carbons (Fsp3) is 0.250. The van der Waals surface area contributed by atoms with Gasteiger partial charge in [0, 0.05) is 18.1 Å². The lowest BCUT2D eigenvalue weighted by Crippen LogP contribution is -2.23. The molecule has 0 aliphatic heterocycles. The number of aryl methyl sites for hydroxylation is 1. The predicted molar refractivity (Wildman–Crippen MR) is 92.4 cm³/mol. The van der Waals surface area contributed by atoms with Gasteiger partial charge in [0.1, 0.15) is 5.75 Å². The van der Waals surface area contributed by atoms with Crippen LogP contribution < -0.4 is 10.1 Å². The summed E-state index contributed by atoms with van der Waals surface area (Å²) in [4.78, 5) is 11.1. The van der Waals surface area contributed by atoms with Gasteiger partial charge in [-0.2, -0.15) is 0 Å². The van der Waals surface area contributed by atoms with Crippen LogP contribution in [0.5, 0.6) is 5.75 Å². The monoisotopic (exact) mass is 307 g/mol. The summed E-state index contributed by atoms with van der Waals surface area (Å²) >= 11 is 0. The highest BCUT2D eigenvalue weighted by Crippen LogP contribution is 2.16. The number of carbonyl (C=O) groups is 1. The third-order valence-corrected chi connectivity index (χ3v) is 3.61. The number of hydrogen-bond acceptors (Lipinski definition) is 2. The Hall–Kier alpha value is -2.73. The van der Waals surface area contributed by atoms with Gasteiger partial charge in [-0.1, -0.05) is 24.0 Å². The molecule has 0 fully saturated rings. The summed E-state index contributed by atoms with van der Waals surface area (Å²) in [5.74, 6) is 7.16. The average Bonchev–Trinajstić information content (AvgIpc) is 2.53. The van der Waals surface area contributed by atoms with Crippen LogP contribution in [0.1, 0.15) is 42.1 Å². The van der Waals surface area contributed by atoms with Crippen molar-refractivity contribution in [2.75, 3.05) is 7.11 Å². The summed E-state index contributed by atoms with van der Waals surface area (Å²) in [6.07, 6.45) is 0. The van der Waals surface area contributed by atoms with Crippen molar-refractivity contribution in [1.29, 1.82) is 0 Å². The minimum atomic E-state index is -0.0312. The second-order valence-electron chi connectivity index (χ2n) is 5.48. The lowest BCUT2D eigenvalue weighted by molar-refractivity contribution is -0.119. The van der Waals surface area contributed by atoms with Crippen molar-refractivity contribution in [2.24, 2.45) is 0 Å². The minimum Gasteiger partial charge on any atom is -0.497 e. The summed E-state index contributed by atoms with van der Waals surface area (Å²) in [5, 5.41) is 2.87. The van der Waals surface area contributed by atoms with E-state index in [0.29, 0.717) is 0 Å². The molecule has 2 aromatic rings. The maximum absolute atomic E-state index is 11.1. The van der Waals surface area contributed by atoms with Crippen LogP contribution in [-0.2, 0) is 4.79 Å². The topological polar surface area (TPSA) is 38.3 Å². The molecule has 0 heterocycles. The fourth-order valence-electron chi connectivity index (χ4n) is 2.29. The molecule has 2 aromatic carbocycles. The Morgan fingerprint density at radius 1 is 1.13 bits per heavy atom. The molecular weight excluding hydrogens is 286 g/mol. The number of methoxy groups -OCH3 is 1. The highest BCUT2D eigenvalue weighted by atomic mass is 16.5. The summed E-state index contributed by atoms with van der Waals surface area (Å²) in [6, 6.07) is 13.8. The molecule has 3 nitrogen and oxygen atoms in total. The molecule has 1 N–H and O–H groups in total. The largest absolute Gasteiger partial charge is 0.497 e. The van der Waals surface area contributed by atoms with Crippen molar-refractivity contribution in [3.05, 3.63) is 64.7 Å². The van der Waals surface area contributed by atoms with Crippen molar-refractivity contribution >= 4 is 5.91 Å². The third-order valence-electron chi connectivity index (χ3n) is 3.61. The first-order chi connectivity index (χ1) is 11.0. The third kappa shape index (κ3) is 4.62. The zero-order chi connectivity index (χ0) is 16.8. The number of hydrogen-bond donors (Lipinski definition) is 1. The number of ether oxygens (including phenoxy) is 1.